The molecule has 5 atom stereocenters. The lowest BCUT2D eigenvalue weighted by molar-refractivity contribution is -0.227. The normalized spacial score (nSPS) is 20.5. The van der Waals surface area contributed by atoms with E-state index in [0.717, 1.165) is 6.92 Å². The Morgan fingerprint density at radius 2 is 1.32 bits per heavy atom. The zero-order valence-electron chi connectivity index (χ0n) is 14.0. The third kappa shape index (κ3) is 3.54. The second-order valence-electron chi connectivity index (χ2n) is 5.63. The van der Waals surface area contributed by atoms with Crippen molar-refractivity contribution in [2.24, 2.45) is 5.73 Å². The van der Waals surface area contributed by atoms with Gasteiger partial charge in [-0.3, -0.25) is 19.2 Å². The van der Waals surface area contributed by atoms with Gasteiger partial charge in [0, 0.05) is 0 Å². The summed E-state index contributed by atoms with van der Waals surface area (Å²) in [6.45, 7) is 2.71. The summed E-state index contributed by atoms with van der Waals surface area (Å²) < 4.78 is 0. The van der Waals surface area contributed by atoms with Crippen LogP contribution >= 0.6 is 12.4 Å². The lowest BCUT2D eigenvalue weighted by atomic mass is 9.61. The molecule has 0 aliphatic rings. The van der Waals surface area contributed by atoms with Gasteiger partial charge < -0.3 is 31.0 Å². The molecule has 0 bridgehead atoms. The largest absolute Gasteiger partial charge is 0.386 e. The smallest absolute Gasteiger partial charge is 0.193 e. The molecule has 0 aromatic carbocycles. The molecule has 0 aromatic rings. The molecule has 0 rings (SSSR count). The van der Waals surface area contributed by atoms with Gasteiger partial charge in [0.2, 0.25) is 0 Å². The van der Waals surface area contributed by atoms with Crippen LogP contribution in [0.25, 0.3) is 0 Å². The van der Waals surface area contributed by atoms with E-state index in [4.69, 9.17) is 5.73 Å². The Labute approximate surface area is 149 Å². The number of halogens is 1. The average molecular weight is 384 g/mol. The number of rotatable bonds is 9. The molecule has 0 radical (unpaired) electrons. The van der Waals surface area contributed by atoms with Crippen molar-refractivity contribution in [3.8, 4) is 0 Å². The Bertz CT molecular complexity index is 595. The van der Waals surface area contributed by atoms with Crippen LogP contribution in [-0.2, 0) is 24.0 Å². The van der Waals surface area contributed by atoms with Crippen LogP contribution in [0.2, 0.25) is 0 Å². The first-order chi connectivity index (χ1) is 10.7. The minimum absolute atomic E-state index is 0. The van der Waals surface area contributed by atoms with Crippen molar-refractivity contribution in [2.75, 3.05) is 0 Å². The molecule has 0 saturated heterocycles. The highest BCUT2D eigenvalue weighted by atomic mass is 35.5. The Balaban J connectivity index is 0. The number of nitrogens with two attached hydrogens (primary N) is 1. The summed E-state index contributed by atoms with van der Waals surface area (Å²) in [6, 6.07) is 0. The van der Waals surface area contributed by atoms with Crippen LogP contribution in [0.5, 0.6) is 0 Å². The van der Waals surface area contributed by atoms with E-state index in [9.17, 15) is 44.4 Å². The van der Waals surface area contributed by atoms with Crippen LogP contribution in [0.1, 0.15) is 27.7 Å². The predicted molar refractivity (Wildman–Crippen MR) is 84.9 cm³/mol. The quantitative estimate of drug-likeness (QED) is 0.200. The van der Waals surface area contributed by atoms with Crippen molar-refractivity contribution in [3.63, 3.8) is 0 Å². The number of Topliss-reactive ketones (excluding diaryl/α,β-unsaturated/α-hetero) is 4. The topological polar surface area (TPSA) is 192 Å². The summed E-state index contributed by atoms with van der Waals surface area (Å²) in [5.74, 6) is -5.45. The zero-order valence-corrected chi connectivity index (χ0v) is 14.9. The Morgan fingerprint density at radius 1 is 0.920 bits per heavy atom. The summed E-state index contributed by atoms with van der Waals surface area (Å²) in [5.41, 5.74) is -4.91. The number of hydrogen-bond donors (Lipinski definition) is 5. The summed E-state index contributed by atoms with van der Waals surface area (Å²) in [5, 5.41) is 41.0. The maximum Gasteiger partial charge on any atom is 0.193 e. The molecule has 1 unspecified atom stereocenters. The van der Waals surface area contributed by atoms with Gasteiger partial charge in [-0.2, -0.15) is 0 Å². The van der Waals surface area contributed by atoms with Crippen LogP contribution in [-0.4, -0.2) is 78.8 Å². The van der Waals surface area contributed by atoms with Crippen molar-refractivity contribution in [2.45, 2.75) is 56.6 Å². The molecule has 25 heavy (non-hydrogen) atoms. The van der Waals surface area contributed by atoms with Crippen molar-refractivity contribution in [1.29, 1.82) is 0 Å². The molecule has 0 aromatic heterocycles. The van der Waals surface area contributed by atoms with Gasteiger partial charge in [0.1, 0.15) is 12.2 Å². The average Bonchev–Trinajstić information content (AvgIpc) is 2.49. The first-order valence-electron chi connectivity index (χ1n) is 6.75. The standard InChI is InChI=1S/C14H21NO9.ClH/c1-6(17)10(21)11(22)13(23,8(3)19)14(24,9(4)20)12(15,5-16)7(2)18;/h5,10-11,21-24H,15H2,1-4H3;1H/t10?,11-,12-,13-,14-;/m1./s1. The van der Waals surface area contributed by atoms with E-state index >= 15 is 0 Å². The van der Waals surface area contributed by atoms with Gasteiger partial charge in [-0.1, -0.05) is 0 Å². The number of aliphatic hydroxyl groups is 4. The van der Waals surface area contributed by atoms with Crippen LogP contribution in [0.15, 0.2) is 0 Å². The Morgan fingerprint density at radius 3 is 1.52 bits per heavy atom. The molecule has 0 heterocycles. The highest BCUT2D eigenvalue weighted by Gasteiger charge is 2.72. The van der Waals surface area contributed by atoms with E-state index < -0.39 is 52.1 Å². The molecule has 0 aliphatic heterocycles. The molecule has 0 spiro atoms. The lowest BCUT2D eigenvalue weighted by Crippen LogP contribution is -2.83. The maximum absolute atomic E-state index is 12.0. The van der Waals surface area contributed by atoms with Crippen molar-refractivity contribution >= 4 is 41.8 Å². The van der Waals surface area contributed by atoms with Gasteiger partial charge in [0.25, 0.3) is 0 Å². The highest BCUT2D eigenvalue weighted by Crippen LogP contribution is 2.37. The van der Waals surface area contributed by atoms with E-state index in [1.807, 2.05) is 0 Å². The minimum Gasteiger partial charge on any atom is -0.386 e. The molecular formula is C14H22ClNO9. The first kappa shape index (κ1) is 25.7. The predicted octanol–water partition coefficient (Wildman–Crippen LogP) is -3.16. The molecule has 6 N–H and O–H groups in total. The Hall–Kier alpha value is -1.56. The summed E-state index contributed by atoms with van der Waals surface area (Å²) in [7, 11) is 0. The van der Waals surface area contributed by atoms with Gasteiger partial charge in [-0.05, 0) is 27.7 Å². The van der Waals surface area contributed by atoms with Gasteiger partial charge >= 0.3 is 0 Å². The van der Waals surface area contributed by atoms with Crippen LogP contribution in [0.3, 0.4) is 0 Å². The van der Waals surface area contributed by atoms with E-state index in [1.54, 1.807) is 0 Å². The van der Waals surface area contributed by atoms with Gasteiger partial charge in [0.05, 0.1) is 0 Å². The van der Waals surface area contributed by atoms with Crippen molar-refractivity contribution < 1.29 is 44.4 Å². The third-order valence-electron chi connectivity index (χ3n) is 4.11. The molecular weight excluding hydrogens is 362 g/mol. The zero-order chi connectivity index (χ0) is 19.7. The summed E-state index contributed by atoms with van der Waals surface area (Å²) in [4.78, 5) is 58.2. The number of hydrogen-bond acceptors (Lipinski definition) is 10. The van der Waals surface area contributed by atoms with Crippen LogP contribution in [0, 0.1) is 0 Å². The number of ketones is 4. The van der Waals surface area contributed by atoms with Crippen molar-refractivity contribution in [1.82, 2.24) is 0 Å². The monoisotopic (exact) mass is 383 g/mol. The van der Waals surface area contributed by atoms with Gasteiger partial charge in [0.15, 0.2) is 46.2 Å². The lowest BCUT2D eigenvalue weighted by Gasteiger charge is -2.49. The maximum atomic E-state index is 12.0. The number of aldehydes is 1. The van der Waals surface area contributed by atoms with E-state index in [2.05, 4.69) is 0 Å². The number of aliphatic hydroxyl groups excluding tert-OH is 2. The molecule has 10 nitrogen and oxygen atoms in total. The van der Waals surface area contributed by atoms with E-state index in [-0.39, 0.29) is 18.7 Å². The first-order valence-corrected chi connectivity index (χ1v) is 6.75. The van der Waals surface area contributed by atoms with Crippen LogP contribution < -0.4 is 5.73 Å². The number of carbonyl (C=O) groups excluding carboxylic acids is 5. The minimum atomic E-state index is -3.64. The molecule has 0 fully saturated rings. The molecule has 0 aliphatic carbocycles. The molecule has 0 amide bonds. The fourth-order valence-electron chi connectivity index (χ4n) is 2.43. The molecule has 11 heteroatoms. The van der Waals surface area contributed by atoms with Gasteiger partial charge in [-0.25, -0.2) is 0 Å². The van der Waals surface area contributed by atoms with E-state index in [0.29, 0.717) is 20.8 Å². The number of carbonyl (C=O) groups is 5. The van der Waals surface area contributed by atoms with Crippen molar-refractivity contribution in [3.05, 3.63) is 0 Å². The Kier molecular flexibility index (Phi) is 8.44. The van der Waals surface area contributed by atoms with Crippen LogP contribution in [0.4, 0.5) is 0 Å². The second-order valence-corrected chi connectivity index (χ2v) is 5.63. The van der Waals surface area contributed by atoms with Gasteiger partial charge in [-0.15, -0.1) is 12.4 Å². The summed E-state index contributed by atoms with van der Waals surface area (Å²) in [6.07, 6.45) is -5.52. The highest BCUT2D eigenvalue weighted by molar-refractivity contribution is 6.13. The fraction of sp³-hybridized carbons (Fsp3) is 0.643. The fourth-order valence-corrected chi connectivity index (χ4v) is 2.43. The molecule has 144 valence electrons. The van der Waals surface area contributed by atoms with E-state index in [1.165, 1.54) is 0 Å². The summed E-state index contributed by atoms with van der Waals surface area (Å²) >= 11 is 0. The second kappa shape index (κ2) is 8.21. The third-order valence-corrected chi connectivity index (χ3v) is 4.11. The molecule has 0 saturated carbocycles. The SMILES string of the molecule is CC(=O)C(O)[C@@H](O)[C@](O)(C(C)=O)[C@@](O)(C(C)=O)[C@@](N)(C=O)C(C)=O.Cl.